The minimum absolute atomic E-state index is 0.0405. The number of rotatable bonds is 1. The van der Waals surface area contributed by atoms with E-state index >= 15 is 0 Å². The van der Waals surface area contributed by atoms with Crippen LogP contribution in [0.4, 0.5) is 5.00 Å². The lowest BCUT2D eigenvalue weighted by Gasteiger charge is -1.76. The monoisotopic (exact) mass is 193 g/mol. The molecule has 0 spiro atoms. The molecule has 0 saturated heterocycles. The van der Waals surface area contributed by atoms with Gasteiger partial charge in [0.05, 0.1) is 17.4 Å². The zero-order chi connectivity index (χ0) is 9.68. The maximum absolute atomic E-state index is 10.2. The number of hydrogen-bond acceptors (Lipinski definition) is 5. The predicted molar refractivity (Wildman–Crippen MR) is 45.9 cm³/mol. The van der Waals surface area contributed by atoms with Crippen LogP contribution in [0.2, 0.25) is 0 Å². The van der Waals surface area contributed by atoms with E-state index in [0.717, 1.165) is 17.5 Å². The molecule has 6 heteroatoms. The highest BCUT2D eigenvalue weighted by Crippen LogP contribution is 2.19. The van der Waals surface area contributed by atoms with E-state index in [9.17, 15) is 10.1 Å². The molecule has 0 saturated carbocycles. The summed E-state index contributed by atoms with van der Waals surface area (Å²) < 4.78 is 0. The van der Waals surface area contributed by atoms with E-state index in [0.29, 0.717) is 5.01 Å². The summed E-state index contributed by atoms with van der Waals surface area (Å²) in [6.45, 7) is 0. The molecule has 1 aromatic rings. The Morgan fingerprint density at radius 3 is 3.08 bits per heavy atom. The molecule has 0 aliphatic carbocycles. The van der Waals surface area contributed by atoms with Gasteiger partial charge in [0.1, 0.15) is 6.20 Å². The second-order valence-electron chi connectivity index (χ2n) is 1.90. The Balaban J connectivity index is 2.78. The lowest BCUT2D eigenvalue weighted by Crippen LogP contribution is -1.80. The Bertz CT molecular complexity index is 421. The number of nitro groups is 1. The average molecular weight is 193 g/mol. The molecule has 0 N–H and O–H groups in total. The number of hydrogen-bond donors (Lipinski definition) is 0. The van der Waals surface area contributed by atoms with E-state index in [2.05, 4.69) is 16.8 Å². The van der Waals surface area contributed by atoms with Crippen LogP contribution in [0.15, 0.2) is 6.20 Å². The van der Waals surface area contributed by atoms with Crippen molar-refractivity contribution in [2.45, 2.75) is 6.42 Å². The first kappa shape index (κ1) is 9.17. The zero-order valence-electron chi connectivity index (χ0n) is 6.35. The van der Waals surface area contributed by atoms with E-state index in [1.165, 1.54) is 0 Å². The van der Waals surface area contributed by atoms with Crippen LogP contribution < -0.4 is 0 Å². The Hall–Kier alpha value is -1.92. The smallest absolute Gasteiger partial charge is 0.257 e. The Kier molecular flexibility index (Phi) is 2.96. The van der Waals surface area contributed by atoms with Crippen LogP contribution >= 0.6 is 11.3 Å². The fraction of sp³-hybridized carbons (Fsp3) is 0.143. The van der Waals surface area contributed by atoms with Crippen molar-refractivity contribution in [2.75, 3.05) is 0 Å². The van der Waals surface area contributed by atoms with Gasteiger partial charge in [0, 0.05) is 0 Å². The van der Waals surface area contributed by atoms with Gasteiger partial charge in [0.15, 0.2) is 5.01 Å². The third kappa shape index (κ3) is 2.55. The molecule has 0 amide bonds. The Morgan fingerprint density at radius 1 is 1.77 bits per heavy atom. The summed E-state index contributed by atoms with van der Waals surface area (Å²) in [5, 5.41) is 18.7. The van der Waals surface area contributed by atoms with Crippen molar-refractivity contribution in [3.05, 3.63) is 21.3 Å². The molecule has 0 fully saturated rings. The molecular weight excluding hydrogens is 190 g/mol. The molecule has 1 heterocycles. The standard InChI is InChI=1S/C7H3N3O2S/c8-4-2-1-3-6-9-5-7(13-6)10(11)12/h5H,2H2. The summed E-state index contributed by atoms with van der Waals surface area (Å²) in [6.07, 6.45) is 1.26. The van der Waals surface area contributed by atoms with Crippen molar-refractivity contribution in [1.82, 2.24) is 4.98 Å². The second-order valence-corrected chi connectivity index (χ2v) is 2.91. The number of aromatic nitrogens is 1. The van der Waals surface area contributed by atoms with Crippen molar-refractivity contribution >= 4 is 16.3 Å². The van der Waals surface area contributed by atoms with Crippen LogP contribution in [0.3, 0.4) is 0 Å². The van der Waals surface area contributed by atoms with E-state index in [-0.39, 0.29) is 11.4 Å². The van der Waals surface area contributed by atoms with E-state index in [1.807, 2.05) is 6.07 Å². The second kappa shape index (κ2) is 4.19. The van der Waals surface area contributed by atoms with Crippen molar-refractivity contribution in [3.8, 4) is 17.9 Å². The van der Waals surface area contributed by atoms with Gasteiger partial charge in [0.2, 0.25) is 0 Å². The molecule has 13 heavy (non-hydrogen) atoms. The molecule has 1 aromatic heterocycles. The molecule has 5 nitrogen and oxygen atoms in total. The number of nitriles is 1. The topological polar surface area (TPSA) is 79.8 Å². The molecule has 0 aliphatic rings. The highest BCUT2D eigenvalue weighted by Gasteiger charge is 2.09. The van der Waals surface area contributed by atoms with E-state index in [1.54, 1.807) is 0 Å². The molecule has 1 rings (SSSR count). The predicted octanol–water partition coefficient (Wildman–Crippen LogP) is 1.32. The first-order chi connectivity index (χ1) is 6.24. The van der Waals surface area contributed by atoms with Crippen molar-refractivity contribution in [3.63, 3.8) is 0 Å². The normalized spacial score (nSPS) is 8.23. The maximum atomic E-state index is 10.2. The lowest BCUT2D eigenvalue weighted by molar-refractivity contribution is -0.380. The third-order valence-electron chi connectivity index (χ3n) is 1.04. The lowest BCUT2D eigenvalue weighted by atomic mass is 10.5. The van der Waals surface area contributed by atoms with Gasteiger partial charge in [-0.2, -0.15) is 5.26 Å². The molecule has 0 unspecified atom stereocenters. The van der Waals surface area contributed by atoms with Crippen LogP contribution in [0.1, 0.15) is 11.4 Å². The quantitative estimate of drug-likeness (QED) is 0.382. The van der Waals surface area contributed by atoms with Crippen LogP contribution in [0.25, 0.3) is 0 Å². The summed E-state index contributed by atoms with van der Waals surface area (Å²) in [7, 11) is 0. The van der Waals surface area contributed by atoms with Gasteiger partial charge < -0.3 is 0 Å². The molecule has 0 aromatic carbocycles. The van der Waals surface area contributed by atoms with E-state index < -0.39 is 4.92 Å². The largest absolute Gasteiger partial charge is 0.344 e. The van der Waals surface area contributed by atoms with Gasteiger partial charge in [-0.3, -0.25) is 10.1 Å². The first-order valence-electron chi connectivity index (χ1n) is 3.20. The summed E-state index contributed by atoms with van der Waals surface area (Å²) >= 11 is 0.898. The Morgan fingerprint density at radius 2 is 2.54 bits per heavy atom. The van der Waals surface area contributed by atoms with Gasteiger partial charge in [-0.25, -0.2) is 4.98 Å². The van der Waals surface area contributed by atoms with Crippen molar-refractivity contribution in [2.24, 2.45) is 0 Å². The highest BCUT2D eigenvalue weighted by atomic mass is 32.1. The van der Waals surface area contributed by atoms with Crippen LogP contribution in [0.5, 0.6) is 0 Å². The fourth-order valence-electron chi connectivity index (χ4n) is 0.567. The van der Waals surface area contributed by atoms with E-state index in [4.69, 9.17) is 5.26 Å². The summed E-state index contributed by atoms with van der Waals surface area (Å²) in [5.41, 5.74) is 0. The maximum Gasteiger partial charge on any atom is 0.344 e. The fourth-order valence-corrected chi connectivity index (χ4v) is 1.17. The molecular formula is C7H3N3O2S. The molecule has 0 radical (unpaired) electrons. The molecule has 64 valence electrons. The number of nitrogens with zero attached hydrogens (tertiary/aromatic N) is 3. The summed E-state index contributed by atoms with van der Waals surface area (Å²) in [6, 6.07) is 1.84. The minimum Gasteiger partial charge on any atom is -0.257 e. The van der Waals surface area contributed by atoms with Gasteiger partial charge in [-0.05, 0) is 17.3 Å². The van der Waals surface area contributed by atoms with Crippen LogP contribution in [-0.2, 0) is 0 Å². The molecule has 0 atom stereocenters. The van der Waals surface area contributed by atoms with Gasteiger partial charge in [0.25, 0.3) is 0 Å². The van der Waals surface area contributed by atoms with Crippen molar-refractivity contribution < 1.29 is 4.92 Å². The van der Waals surface area contributed by atoms with Gasteiger partial charge in [-0.15, -0.1) is 0 Å². The number of thiazole rings is 1. The van der Waals surface area contributed by atoms with Crippen molar-refractivity contribution in [1.29, 1.82) is 5.26 Å². The van der Waals surface area contributed by atoms with Crippen LogP contribution in [0, 0.1) is 33.3 Å². The molecule has 0 aliphatic heterocycles. The minimum atomic E-state index is -0.521. The van der Waals surface area contributed by atoms with Gasteiger partial charge >= 0.3 is 5.00 Å². The molecule has 0 bridgehead atoms. The summed E-state index contributed by atoms with van der Waals surface area (Å²) in [5.74, 6) is 5.07. The highest BCUT2D eigenvalue weighted by molar-refractivity contribution is 7.15. The SMILES string of the molecule is N#CCC#Cc1ncc([N+](=O)[O-])s1. The average Bonchev–Trinajstić information content (AvgIpc) is 2.53. The first-order valence-corrected chi connectivity index (χ1v) is 4.01. The van der Waals surface area contributed by atoms with Gasteiger partial charge in [-0.1, -0.05) is 5.92 Å². The van der Waals surface area contributed by atoms with Crippen LogP contribution in [-0.4, -0.2) is 9.91 Å². The third-order valence-corrected chi connectivity index (χ3v) is 1.90. The zero-order valence-corrected chi connectivity index (χ0v) is 7.17. The Labute approximate surface area is 77.8 Å². The summed E-state index contributed by atoms with van der Waals surface area (Å²) in [4.78, 5) is 13.4.